The highest BCUT2D eigenvalue weighted by Crippen LogP contribution is 2.07. The molecule has 0 unspecified atom stereocenters. The van der Waals surface area contributed by atoms with Gasteiger partial charge in [0.1, 0.15) is 0 Å². The third kappa shape index (κ3) is 73.9. The zero-order chi connectivity index (χ0) is 18.6. The summed E-state index contributed by atoms with van der Waals surface area (Å²) < 4.78 is 0. The Balaban J connectivity index is -0.0000000733. The summed E-state index contributed by atoms with van der Waals surface area (Å²) in [6, 6.07) is 0. The molecule has 0 aromatic carbocycles. The van der Waals surface area contributed by atoms with Crippen LogP contribution in [0.5, 0.6) is 0 Å². The van der Waals surface area contributed by atoms with Gasteiger partial charge in [-0.2, -0.15) is 0 Å². The SMILES string of the molecule is C#CC(C)C.CC.CC.CC.CCCCCCCCCCN. The summed E-state index contributed by atoms with van der Waals surface area (Å²) in [4.78, 5) is 0. The summed E-state index contributed by atoms with van der Waals surface area (Å²) in [5.41, 5.74) is 5.39. The lowest BCUT2D eigenvalue weighted by atomic mass is 10.1. The summed E-state index contributed by atoms with van der Waals surface area (Å²) >= 11 is 0. The molecular weight excluding hydrogens is 266 g/mol. The van der Waals surface area contributed by atoms with Gasteiger partial charge in [-0.1, -0.05) is 107 Å². The molecule has 0 aliphatic heterocycles. The van der Waals surface area contributed by atoms with E-state index in [0.29, 0.717) is 5.92 Å². The Morgan fingerprint density at radius 2 is 1.00 bits per heavy atom. The van der Waals surface area contributed by atoms with Crippen LogP contribution < -0.4 is 5.73 Å². The van der Waals surface area contributed by atoms with E-state index in [9.17, 15) is 0 Å². The Hall–Kier alpha value is -0.480. The van der Waals surface area contributed by atoms with E-state index >= 15 is 0 Å². The monoisotopic (exact) mass is 315 g/mol. The molecule has 0 heterocycles. The number of hydrogen-bond acceptors (Lipinski definition) is 1. The highest BCUT2D eigenvalue weighted by molar-refractivity contribution is 4.86. The minimum atomic E-state index is 0.412. The molecule has 0 aliphatic rings. The van der Waals surface area contributed by atoms with Gasteiger partial charge in [0.25, 0.3) is 0 Å². The first-order chi connectivity index (χ1) is 10.7. The predicted molar refractivity (Wildman–Crippen MR) is 109 cm³/mol. The van der Waals surface area contributed by atoms with Crippen molar-refractivity contribution in [3.8, 4) is 12.3 Å². The minimum Gasteiger partial charge on any atom is -0.330 e. The molecule has 0 aromatic rings. The number of terminal acetylenes is 1. The summed E-state index contributed by atoms with van der Waals surface area (Å²) in [5, 5.41) is 0. The van der Waals surface area contributed by atoms with Crippen molar-refractivity contribution in [1.82, 2.24) is 0 Å². The minimum absolute atomic E-state index is 0.412. The van der Waals surface area contributed by atoms with Crippen LogP contribution in [0.3, 0.4) is 0 Å². The zero-order valence-corrected chi connectivity index (χ0v) is 17.6. The molecular formula is C21H49N. The van der Waals surface area contributed by atoms with E-state index in [1.165, 1.54) is 51.4 Å². The lowest BCUT2D eigenvalue weighted by Crippen LogP contribution is -1.97. The number of unbranched alkanes of at least 4 members (excludes halogenated alkanes) is 7. The second-order valence-electron chi connectivity index (χ2n) is 4.58. The molecule has 0 saturated carbocycles. The molecule has 0 bridgehead atoms. The van der Waals surface area contributed by atoms with Crippen LogP contribution in [0.4, 0.5) is 0 Å². The van der Waals surface area contributed by atoms with Crippen molar-refractivity contribution < 1.29 is 0 Å². The van der Waals surface area contributed by atoms with Crippen molar-refractivity contribution in [3.05, 3.63) is 0 Å². The first-order valence-corrected chi connectivity index (χ1v) is 9.85. The van der Waals surface area contributed by atoms with Crippen LogP contribution in [0.1, 0.15) is 114 Å². The maximum absolute atomic E-state index is 5.39. The first-order valence-electron chi connectivity index (χ1n) is 9.85. The van der Waals surface area contributed by atoms with Gasteiger partial charge < -0.3 is 5.73 Å². The largest absolute Gasteiger partial charge is 0.330 e. The molecule has 138 valence electrons. The summed E-state index contributed by atoms with van der Waals surface area (Å²) in [6.45, 7) is 19.1. The van der Waals surface area contributed by atoms with Crippen molar-refractivity contribution in [2.75, 3.05) is 6.54 Å². The second-order valence-corrected chi connectivity index (χ2v) is 4.58. The van der Waals surface area contributed by atoms with E-state index in [0.717, 1.165) is 6.54 Å². The van der Waals surface area contributed by atoms with Crippen molar-refractivity contribution in [2.24, 2.45) is 11.7 Å². The van der Waals surface area contributed by atoms with E-state index in [-0.39, 0.29) is 0 Å². The lowest BCUT2D eigenvalue weighted by molar-refractivity contribution is 0.578. The number of nitrogens with two attached hydrogens (primary N) is 1. The van der Waals surface area contributed by atoms with E-state index in [2.05, 4.69) is 12.8 Å². The smallest absolute Gasteiger partial charge is 0.0143 e. The normalized spacial score (nSPS) is 7.73. The summed E-state index contributed by atoms with van der Waals surface area (Å²) in [7, 11) is 0. The van der Waals surface area contributed by atoms with Crippen molar-refractivity contribution in [3.63, 3.8) is 0 Å². The maximum atomic E-state index is 5.39. The first kappa shape index (κ1) is 33.2. The quantitative estimate of drug-likeness (QED) is 0.365. The van der Waals surface area contributed by atoms with Crippen LogP contribution in [-0.2, 0) is 0 Å². The average molecular weight is 316 g/mol. The second kappa shape index (κ2) is 49.9. The molecule has 2 N–H and O–H groups in total. The summed E-state index contributed by atoms with van der Waals surface area (Å²) in [5.74, 6) is 2.94. The Kier molecular flexibility index (Phi) is 75.3. The molecule has 0 radical (unpaired) electrons. The van der Waals surface area contributed by atoms with Crippen LogP contribution in [0.2, 0.25) is 0 Å². The van der Waals surface area contributed by atoms with Gasteiger partial charge in [-0.05, 0) is 13.0 Å². The van der Waals surface area contributed by atoms with Gasteiger partial charge in [-0.25, -0.2) is 0 Å². The fourth-order valence-electron chi connectivity index (χ4n) is 1.28. The molecule has 0 fully saturated rings. The van der Waals surface area contributed by atoms with Crippen molar-refractivity contribution in [2.45, 2.75) is 114 Å². The van der Waals surface area contributed by atoms with Gasteiger partial charge in [-0.3, -0.25) is 0 Å². The molecule has 22 heavy (non-hydrogen) atoms. The topological polar surface area (TPSA) is 26.0 Å². The maximum Gasteiger partial charge on any atom is 0.0143 e. The van der Waals surface area contributed by atoms with E-state index in [4.69, 9.17) is 12.2 Å². The van der Waals surface area contributed by atoms with Crippen molar-refractivity contribution >= 4 is 0 Å². The standard InChI is InChI=1S/C10H23N.C5H8.3C2H6/c1-2-3-4-5-6-7-8-9-10-11;1-4-5(2)3;3*1-2/h2-11H2,1H3;1,5H,2-3H3;3*1-2H3. The highest BCUT2D eigenvalue weighted by atomic mass is 14.5. The third-order valence-electron chi connectivity index (χ3n) is 2.39. The fraction of sp³-hybridized carbons (Fsp3) is 0.905. The Morgan fingerprint density at radius 1 is 0.727 bits per heavy atom. The molecule has 0 rings (SSSR count). The van der Waals surface area contributed by atoms with E-state index < -0.39 is 0 Å². The van der Waals surface area contributed by atoms with Gasteiger partial charge in [0, 0.05) is 5.92 Å². The van der Waals surface area contributed by atoms with Gasteiger partial charge >= 0.3 is 0 Å². The fourth-order valence-corrected chi connectivity index (χ4v) is 1.28. The number of rotatable bonds is 8. The third-order valence-corrected chi connectivity index (χ3v) is 2.39. The van der Waals surface area contributed by atoms with Crippen LogP contribution in [0, 0.1) is 18.3 Å². The van der Waals surface area contributed by atoms with Crippen LogP contribution in [0.15, 0.2) is 0 Å². The number of hydrogen-bond donors (Lipinski definition) is 1. The predicted octanol–water partition coefficient (Wildman–Crippen LogP) is 7.44. The summed E-state index contributed by atoms with van der Waals surface area (Å²) in [6.07, 6.45) is 15.9. The van der Waals surface area contributed by atoms with Gasteiger partial charge in [0.05, 0.1) is 0 Å². The highest BCUT2D eigenvalue weighted by Gasteiger charge is 1.89. The Labute approximate surface area is 144 Å². The average Bonchev–Trinajstić information content (AvgIpc) is 2.60. The van der Waals surface area contributed by atoms with Crippen LogP contribution >= 0.6 is 0 Å². The van der Waals surface area contributed by atoms with Gasteiger partial charge in [0.2, 0.25) is 0 Å². The molecule has 0 aromatic heterocycles. The molecule has 0 atom stereocenters. The molecule has 0 aliphatic carbocycles. The molecule has 0 saturated heterocycles. The van der Waals surface area contributed by atoms with E-state index in [1.54, 1.807) is 0 Å². The molecule has 1 nitrogen and oxygen atoms in total. The zero-order valence-electron chi connectivity index (χ0n) is 17.6. The Morgan fingerprint density at radius 3 is 1.23 bits per heavy atom. The van der Waals surface area contributed by atoms with Crippen molar-refractivity contribution in [1.29, 1.82) is 0 Å². The molecule has 1 heteroatoms. The van der Waals surface area contributed by atoms with Gasteiger partial charge in [0.15, 0.2) is 0 Å². The molecule has 0 amide bonds. The van der Waals surface area contributed by atoms with Gasteiger partial charge in [-0.15, -0.1) is 12.3 Å². The lowest BCUT2D eigenvalue weighted by Gasteiger charge is -1.99. The van der Waals surface area contributed by atoms with Crippen LogP contribution in [0.25, 0.3) is 0 Å². The Bertz CT molecular complexity index is 136. The van der Waals surface area contributed by atoms with E-state index in [1.807, 2.05) is 55.4 Å². The molecule has 0 spiro atoms. The van der Waals surface area contributed by atoms with Crippen LogP contribution in [-0.4, -0.2) is 6.54 Å².